The topological polar surface area (TPSA) is 64.4 Å². The van der Waals surface area contributed by atoms with Crippen molar-refractivity contribution in [2.75, 3.05) is 25.5 Å². The van der Waals surface area contributed by atoms with Crippen molar-refractivity contribution in [1.29, 1.82) is 0 Å². The summed E-state index contributed by atoms with van der Waals surface area (Å²) >= 11 is 0. The molecule has 0 saturated carbocycles. The largest absolute Gasteiger partial charge is 0.472 e. The first-order valence-electron chi connectivity index (χ1n) is 9.56. The Balaban J connectivity index is 1.66. The number of fused-ring (bicyclic) bond motifs is 1. The van der Waals surface area contributed by atoms with E-state index in [9.17, 15) is 4.79 Å². The number of furan rings is 1. The van der Waals surface area contributed by atoms with Crippen LogP contribution in [0.25, 0.3) is 16.5 Å². The van der Waals surface area contributed by atoms with Gasteiger partial charge in [0.25, 0.3) is 0 Å². The number of rotatable bonds is 6. The van der Waals surface area contributed by atoms with Gasteiger partial charge in [-0.05, 0) is 49.2 Å². The molecule has 3 aromatic rings. The van der Waals surface area contributed by atoms with Gasteiger partial charge in [0.15, 0.2) is 5.78 Å². The lowest BCUT2D eigenvalue weighted by Gasteiger charge is -2.26. The standard InChI is InChI=1S/C22H25N3O2/c1-2-3-9-24-10-6-16(7-11-24)20-14-25(23)21-5-4-17(13-19(20)21)22(26)18-8-12-27-15-18/h4-6,8,12-15H,2-3,7,9-11,23H2,1H3. The maximum Gasteiger partial charge on any atom is 0.196 e. The van der Waals surface area contributed by atoms with Crippen molar-refractivity contribution in [3.8, 4) is 0 Å². The molecule has 0 unspecified atom stereocenters. The Morgan fingerprint density at radius 3 is 2.85 bits per heavy atom. The summed E-state index contributed by atoms with van der Waals surface area (Å²) in [6.07, 6.45) is 10.7. The molecule has 0 radical (unpaired) electrons. The molecule has 1 aromatic carbocycles. The highest BCUT2D eigenvalue weighted by molar-refractivity contribution is 6.11. The molecular formula is C22H25N3O2. The Morgan fingerprint density at radius 2 is 2.15 bits per heavy atom. The molecular weight excluding hydrogens is 338 g/mol. The van der Waals surface area contributed by atoms with Gasteiger partial charge in [-0.25, -0.2) is 0 Å². The van der Waals surface area contributed by atoms with Gasteiger partial charge in [0.1, 0.15) is 6.26 Å². The van der Waals surface area contributed by atoms with E-state index in [1.165, 1.54) is 30.9 Å². The van der Waals surface area contributed by atoms with E-state index in [4.69, 9.17) is 10.3 Å². The Labute approximate surface area is 159 Å². The number of carbonyl (C=O) groups is 1. The van der Waals surface area contributed by atoms with Crippen LogP contribution in [0.1, 0.15) is 47.7 Å². The Kier molecular flexibility index (Phi) is 4.86. The van der Waals surface area contributed by atoms with E-state index < -0.39 is 0 Å². The first-order chi connectivity index (χ1) is 13.2. The van der Waals surface area contributed by atoms with Crippen LogP contribution in [0.5, 0.6) is 0 Å². The van der Waals surface area contributed by atoms with Crippen LogP contribution in [0.4, 0.5) is 0 Å². The number of ketones is 1. The molecule has 1 aliphatic heterocycles. The average Bonchev–Trinajstić information content (AvgIpc) is 3.35. The minimum Gasteiger partial charge on any atom is -0.472 e. The fourth-order valence-electron chi connectivity index (χ4n) is 3.75. The molecule has 2 aromatic heterocycles. The minimum absolute atomic E-state index is 0.0373. The van der Waals surface area contributed by atoms with Crippen molar-refractivity contribution in [3.05, 3.63) is 65.8 Å². The summed E-state index contributed by atoms with van der Waals surface area (Å²) in [5, 5.41) is 1.03. The van der Waals surface area contributed by atoms with Crippen LogP contribution < -0.4 is 5.84 Å². The lowest BCUT2D eigenvalue weighted by molar-refractivity contribution is 0.103. The summed E-state index contributed by atoms with van der Waals surface area (Å²) in [6, 6.07) is 7.39. The van der Waals surface area contributed by atoms with Gasteiger partial charge in [-0.15, -0.1) is 0 Å². The minimum atomic E-state index is -0.0373. The molecule has 0 fully saturated rings. The van der Waals surface area contributed by atoms with E-state index in [1.54, 1.807) is 10.7 Å². The summed E-state index contributed by atoms with van der Waals surface area (Å²) in [5.41, 5.74) is 4.58. The third-order valence-electron chi connectivity index (χ3n) is 5.35. The van der Waals surface area contributed by atoms with Gasteiger partial charge >= 0.3 is 0 Å². The van der Waals surface area contributed by atoms with Crippen molar-refractivity contribution < 1.29 is 9.21 Å². The van der Waals surface area contributed by atoms with E-state index in [-0.39, 0.29) is 5.78 Å². The quantitative estimate of drug-likeness (QED) is 0.530. The lowest BCUT2D eigenvalue weighted by atomic mass is 9.96. The number of hydrogen-bond donors (Lipinski definition) is 1. The fourth-order valence-corrected chi connectivity index (χ4v) is 3.75. The van der Waals surface area contributed by atoms with Gasteiger partial charge < -0.3 is 10.3 Å². The zero-order chi connectivity index (χ0) is 18.8. The smallest absolute Gasteiger partial charge is 0.196 e. The van der Waals surface area contributed by atoms with E-state index in [1.807, 2.05) is 24.4 Å². The summed E-state index contributed by atoms with van der Waals surface area (Å²) in [4.78, 5) is 15.2. The molecule has 27 heavy (non-hydrogen) atoms. The van der Waals surface area contributed by atoms with Crippen LogP contribution in [0.2, 0.25) is 0 Å². The fraction of sp³-hybridized carbons (Fsp3) is 0.318. The molecule has 140 valence electrons. The highest BCUT2D eigenvalue weighted by Crippen LogP contribution is 2.31. The van der Waals surface area contributed by atoms with Crippen molar-refractivity contribution in [2.45, 2.75) is 26.2 Å². The van der Waals surface area contributed by atoms with Crippen molar-refractivity contribution >= 4 is 22.3 Å². The van der Waals surface area contributed by atoms with E-state index in [0.29, 0.717) is 11.1 Å². The van der Waals surface area contributed by atoms with Crippen molar-refractivity contribution in [1.82, 2.24) is 9.58 Å². The van der Waals surface area contributed by atoms with E-state index in [2.05, 4.69) is 17.9 Å². The zero-order valence-electron chi connectivity index (χ0n) is 15.6. The van der Waals surface area contributed by atoms with Gasteiger partial charge in [0.2, 0.25) is 0 Å². The summed E-state index contributed by atoms with van der Waals surface area (Å²) < 4.78 is 6.70. The highest BCUT2D eigenvalue weighted by Gasteiger charge is 2.18. The number of unbranched alkanes of at least 4 members (excludes halogenated alkanes) is 1. The third kappa shape index (κ3) is 3.43. The molecule has 5 nitrogen and oxygen atoms in total. The van der Waals surface area contributed by atoms with Gasteiger partial charge in [-0.2, -0.15) is 0 Å². The first kappa shape index (κ1) is 17.6. The molecule has 3 heterocycles. The Hall–Kier alpha value is -2.79. The Morgan fingerprint density at radius 1 is 1.26 bits per heavy atom. The molecule has 0 bridgehead atoms. The molecule has 0 amide bonds. The number of carbonyl (C=O) groups excluding carboxylic acids is 1. The monoisotopic (exact) mass is 363 g/mol. The van der Waals surface area contributed by atoms with Gasteiger partial charge in [-0.3, -0.25) is 14.4 Å². The zero-order valence-corrected chi connectivity index (χ0v) is 15.6. The van der Waals surface area contributed by atoms with Crippen molar-refractivity contribution in [2.24, 2.45) is 0 Å². The number of hydrogen-bond acceptors (Lipinski definition) is 4. The molecule has 0 atom stereocenters. The van der Waals surface area contributed by atoms with Crippen LogP contribution in [-0.2, 0) is 0 Å². The number of benzene rings is 1. The molecule has 5 heteroatoms. The van der Waals surface area contributed by atoms with Crippen LogP contribution in [0.15, 0.2) is 53.5 Å². The molecule has 0 spiro atoms. The lowest BCUT2D eigenvalue weighted by Crippen LogP contribution is -2.29. The molecule has 1 aliphatic rings. The second kappa shape index (κ2) is 7.45. The van der Waals surface area contributed by atoms with E-state index >= 15 is 0 Å². The average molecular weight is 363 g/mol. The van der Waals surface area contributed by atoms with Crippen LogP contribution in [0.3, 0.4) is 0 Å². The number of aromatic nitrogens is 1. The summed E-state index contributed by atoms with van der Waals surface area (Å²) in [6.45, 7) is 5.42. The van der Waals surface area contributed by atoms with Crippen molar-refractivity contribution in [3.63, 3.8) is 0 Å². The maximum atomic E-state index is 12.7. The number of nitrogen functional groups attached to an aromatic ring is 1. The summed E-state index contributed by atoms with van der Waals surface area (Å²) in [5.74, 6) is 6.14. The molecule has 0 aliphatic carbocycles. The maximum absolute atomic E-state index is 12.7. The summed E-state index contributed by atoms with van der Waals surface area (Å²) in [7, 11) is 0. The van der Waals surface area contributed by atoms with E-state index in [0.717, 1.165) is 42.5 Å². The molecule has 4 rings (SSSR count). The molecule has 2 N–H and O–H groups in total. The second-order valence-corrected chi connectivity index (χ2v) is 7.16. The third-order valence-corrected chi connectivity index (χ3v) is 5.35. The van der Waals surface area contributed by atoms with Crippen LogP contribution in [-0.4, -0.2) is 35.0 Å². The first-order valence-corrected chi connectivity index (χ1v) is 9.56. The predicted octanol–water partition coefficient (Wildman–Crippen LogP) is 4.07. The molecule has 0 saturated heterocycles. The highest BCUT2D eigenvalue weighted by atomic mass is 16.3. The number of nitrogens with two attached hydrogens (primary N) is 1. The van der Waals surface area contributed by atoms with Crippen LogP contribution >= 0.6 is 0 Å². The van der Waals surface area contributed by atoms with Gasteiger partial charge in [0.05, 0.1) is 17.3 Å². The van der Waals surface area contributed by atoms with Gasteiger partial charge in [-0.1, -0.05) is 19.4 Å². The normalized spacial score (nSPS) is 15.2. The Bertz CT molecular complexity index is 983. The number of nitrogens with zero attached hydrogens (tertiary/aromatic N) is 2. The second-order valence-electron chi connectivity index (χ2n) is 7.16. The predicted molar refractivity (Wildman–Crippen MR) is 108 cm³/mol. The SMILES string of the molecule is CCCCN1CC=C(c2cn(N)c3ccc(C(=O)c4ccoc4)cc23)CC1. The van der Waals surface area contributed by atoms with Crippen LogP contribution in [0, 0.1) is 0 Å². The van der Waals surface area contributed by atoms with Gasteiger partial charge in [0, 0.05) is 35.8 Å².